The van der Waals surface area contributed by atoms with Crippen LogP contribution in [-0.4, -0.2) is 31.8 Å². The van der Waals surface area contributed by atoms with Gasteiger partial charge in [-0.25, -0.2) is 9.78 Å². The lowest BCUT2D eigenvalue weighted by Gasteiger charge is -2.11. The summed E-state index contributed by atoms with van der Waals surface area (Å²) in [6.45, 7) is 5.13. The van der Waals surface area contributed by atoms with Crippen molar-refractivity contribution >= 4 is 11.6 Å². The van der Waals surface area contributed by atoms with E-state index in [0.717, 1.165) is 11.4 Å². The summed E-state index contributed by atoms with van der Waals surface area (Å²) in [7, 11) is 0. The van der Waals surface area contributed by atoms with Crippen LogP contribution in [0, 0.1) is 13.8 Å². The quantitative estimate of drug-likeness (QED) is 0.864. The van der Waals surface area contributed by atoms with Gasteiger partial charge >= 0.3 is 5.97 Å². The predicted octanol–water partition coefficient (Wildman–Crippen LogP) is 1.20. The van der Waals surface area contributed by atoms with E-state index in [2.05, 4.69) is 10.1 Å². The molecule has 0 saturated carbocycles. The summed E-state index contributed by atoms with van der Waals surface area (Å²) in [4.78, 5) is 15.0. The van der Waals surface area contributed by atoms with Gasteiger partial charge in [-0.15, -0.1) is 0 Å². The van der Waals surface area contributed by atoms with E-state index in [9.17, 15) is 4.79 Å². The average molecular weight is 235 g/mol. The van der Waals surface area contributed by atoms with Crippen LogP contribution in [0.3, 0.4) is 0 Å². The average Bonchev–Trinajstić information content (AvgIpc) is 2.58. The second-order valence-electron chi connectivity index (χ2n) is 3.89. The van der Waals surface area contributed by atoms with E-state index in [4.69, 9.17) is 9.84 Å². The molecular formula is C11H13N3O3. The van der Waals surface area contributed by atoms with Gasteiger partial charge in [-0.2, -0.15) is 9.61 Å². The molecule has 0 radical (unpaired) electrons. The zero-order valence-corrected chi connectivity index (χ0v) is 9.84. The van der Waals surface area contributed by atoms with Crippen molar-refractivity contribution < 1.29 is 14.6 Å². The molecule has 0 aliphatic heterocycles. The zero-order chi connectivity index (χ0) is 12.6. The van der Waals surface area contributed by atoms with Crippen molar-refractivity contribution in [3.8, 4) is 5.88 Å². The molecule has 0 spiro atoms. The number of ether oxygens (including phenoxy) is 1. The van der Waals surface area contributed by atoms with Crippen LogP contribution in [-0.2, 0) is 4.79 Å². The van der Waals surface area contributed by atoms with Crippen molar-refractivity contribution in [2.45, 2.75) is 26.9 Å². The smallest absolute Gasteiger partial charge is 0.344 e. The SMILES string of the molecule is Cc1cc(OC(C)C(=O)O)n2nc(C)cc2n1. The first-order valence-electron chi connectivity index (χ1n) is 5.21. The van der Waals surface area contributed by atoms with Gasteiger partial charge in [0.1, 0.15) is 0 Å². The summed E-state index contributed by atoms with van der Waals surface area (Å²) in [5.41, 5.74) is 2.20. The van der Waals surface area contributed by atoms with Gasteiger partial charge in [0.05, 0.1) is 5.69 Å². The number of carbonyl (C=O) groups is 1. The number of aryl methyl sites for hydroxylation is 2. The molecule has 2 rings (SSSR count). The maximum absolute atomic E-state index is 10.8. The third-order valence-corrected chi connectivity index (χ3v) is 2.29. The van der Waals surface area contributed by atoms with Crippen LogP contribution < -0.4 is 4.74 Å². The number of rotatable bonds is 3. The molecule has 1 N–H and O–H groups in total. The molecule has 0 aromatic carbocycles. The summed E-state index contributed by atoms with van der Waals surface area (Å²) in [5, 5.41) is 13.0. The molecule has 2 aromatic rings. The summed E-state index contributed by atoms with van der Waals surface area (Å²) in [5.74, 6) is -0.632. The minimum atomic E-state index is -1.02. The van der Waals surface area contributed by atoms with Crippen LogP contribution in [0.1, 0.15) is 18.3 Å². The standard InChI is InChI=1S/C11H13N3O3/c1-6-5-10(17-8(3)11(15)16)14-9(12-6)4-7(2)13-14/h4-5,8H,1-3H3,(H,15,16). The molecule has 0 aliphatic carbocycles. The van der Waals surface area contributed by atoms with Gasteiger partial charge in [0, 0.05) is 17.8 Å². The number of nitrogens with zero attached hydrogens (tertiary/aromatic N) is 3. The third kappa shape index (κ3) is 2.20. The van der Waals surface area contributed by atoms with Crippen molar-refractivity contribution in [1.29, 1.82) is 0 Å². The van der Waals surface area contributed by atoms with Crippen LogP contribution in [0.2, 0.25) is 0 Å². The number of carboxylic acids is 1. The highest BCUT2D eigenvalue weighted by molar-refractivity contribution is 5.72. The molecule has 6 heteroatoms. The third-order valence-electron chi connectivity index (χ3n) is 2.29. The highest BCUT2D eigenvalue weighted by Crippen LogP contribution is 2.17. The molecule has 0 aliphatic rings. The Hall–Kier alpha value is -2.11. The molecule has 90 valence electrons. The van der Waals surface area contributed by atoms with Crippen LogP contribution in [0.4, 0.5) is 0 Å². The fourth-order valence-corrected chi connectivity index (χ4v) is 1.50. The molecule has 2 heterocycles. The lowest BCUT2D eigenvalue weighted by atomic mass is 10.4. The fourth-order valence-electron chi connectivity index (χ4n) is 1.50. The van der Waals surface area contributed by atoms with Crippen LogP contribution in [0.15, 0.2) is 12.1 Å². The van der Waals surface area contributed by atoms with Gasteiger partial charge in [-0.05, 0) is 20.8 Å². The van der Waals surface area contributed by atoms with Gasteiger partial charge in [-0.3, -0.25) is 0 Å². The first-order valence-corrected chi connectivity index (χ1v) is 5.21. The highest BCUT2D eigenvalue weighted by atomic mass is 16.5. The van der Waals surface area contributed by atoms with Crippen LogP contribution >= 0.6 is 0 Å². The number of hydrogen-bond donors (Lipinski definition) is 1. The Morgan fingerprint density at radius 1 is 1.41 bits per heavy atom. The normalized spacial score (nSPS) is 12.6. The van der Waals surface area contributed by atoms with Crippen molar-refractivity contribution in [2.75, 3.05) is 0 Å². The van der Waals surface area contributed by atoms with Gasteiger partial charge in [0.2, 0.25) is 5.88 Å². The van der Waals surface area contributed by atoms with Crippen molar-refractivity contribution in [2.24, 2.45) is 0 Å². The minimum absolute atomic E-state index is 0.385. The first kappa shape index (κ1) is 11.4. The Balaban J connectivity index is 2.48. The minimum Gasteiger partial charge on any atom is -0.479 e. The maximum Gasteiger partial charge on any atom is 0.344 e. The predicted molar refractivity (Wildman–Crippen MR) is 60.2 cm³/mol. The van der Waals surface area contributed by atoms with Crippen molar-refractivity contribution in [1.82, 2.24) is 14.6 Å². The van der Waals surface area contributed by atoms with E-state index in [1.807, 2.05) is 19.9 Å². The van der Waals surface area contributed by atoms with E-state index in [1.54, 1.807) is 6.07 Å². The van der Waals surface area contributed by atoms with Gasteiger partial charge < -0.3 is 9.84 Å². The maximum atomic E-state index is 10.8. The molecule has 0 bridgehead atoms. The van der Waals surface area contributed by atoms with E-state index < -0.39 is 12.1 Å². The zero-order valence-electron chi connectivity index (χ0n) is 9.84. The molecule has 0 saturated heterocycles. The Morgan fingerprint density at radius 2 is 2.12 bits per heavy atom. The number of fused-ring (bicyclic) bond motifs is 1. The fraction of sp³-hybridized carbons (Fsp3) is 0.364. The molecule has 6 nitrogen and oxygen atoms in total. The molecule has 17 heavy (non-hydrogen) atoms. The lowest BCUT2D eigenvalue weighted by molar-refractivity contribution is -0.144. The molecule has 0 fully saturated rings. The number of aliphatic carboxylic acids is 1. The second-order valence-corrected chi connectivity index (χ2v) is 3.89. The van der Waals surface area contributed by atoms with Gasteiger partial charge in [0.15, 0.2) is 11.8 Å². The lowest BCUT2D eigenvalue weighted by Crippen LogP contribution is -2.24. The topological polar surface area (TPSA) is 76.7 Å². The monoisotopic (exact) mass is 235 g/mol. The summed E-state index contributed by atoms with van der Waals surface area (Å²) in [6.07, 6.45) is -0.926. The Labute approximate surface area is 97.9 Å². The number of hydrogen-bond acceptors (Lipinski definition) is 4. The number of aromatic nitrogens is 3. The molecule has 1 atom stereocenters. The van der Waals surface area contributed by atoms with Crippen LogP contribution in [0.5, 0.6) is 5.88 Å². The Bertz CT molecular complexity index is 577. The summed E-state index contributed by atoms with van der Waals surface area (Å²) in [6, 6.07) is 3.48. The Kier molecular flexibility index (Phi) is 2.71. The summed E-state index contributed by atoms with van der Waals surface area (Å²) < 4.78 is 6.85. The molecule has 0 amide bonds. The van der Waals surface area contributed by atoms with E-state index >= 15 is 0 Å². The van der Waals surface area contributed by atoms with Crippen molar-refractivity contribution in [3.05, 3.63) is 23.5 Å². The first-order chi connectivity index (χ1) is 7.97. The van der Waals surface area contributed by atoms with E-state index in [-0.39, 0.29) is 0 Å². The largest absolute Gasteiger partial charge is 0.479 e. The molecule has 2 aromatic heterocycles. The number of carboxylic acid groups (broad SMARTS) is 1. The van der Waals surface area contributed by atoms with Gasteiger partial charge in [0.25, 0.3) is 0 Å². The van der Waals surface area contributed by atoms with Gasteiger partial charge in [-0.1, -0.05) is 0 Å². The molecule has 1 unspecified atom stereocenters. The second kappa shape index (κ2) is 4.04. The van der Waals surface area contributed by atoms with Crippen molar-refractivity contribution in [3.63, 3.8) is 0 Å². The highest BCUT2D eigenvalue weighted by Gasteiger charge is 2.15. The summed E-state index contributed by atoms with van der Waals surface area (Å²) >= 11 is 0. The Morgan fingerprint density at radius 3 is 2.76 bits per heavy atom. The molecular weight excluding hydrogens is 222 g/mol. The van der Waals surface area contributed by atoms with E-state index in [1.165, 1.54) is 11.4 Å². The van der Waals surface area contributed by atoms with E-state index in [0.29, 0.717) is 11.5 Å². The van der Waals surface area contributed by atoms with Crippen LogP contribution in [0.25, 0.3) is 5.65 Å².